The number of sulfonamides is 1. The number of piperazine rings is 2. The summed E-state index contributed by atoms with van der Waals surface area (Å²) >= 11 is 0. The van der Waals surface area contributed by atoms with Crippen molar-refractivity contribution in [3.63, 3.8) is 0 Å². The van der Waals surface area contributed by atoms with Crippen LogP contribution in [0.25, 0.3) is 4.85 Å². The summed E-state index contributed by atoms with van der Waals surface area (Å²) in [7, 11) is -3.76. The zero-order valence-electron chi connectivity index (χ0n) is 22.2. The predicted octanol–water partition coefficient (Wildman–Crippen LogP) is 2.81. The van der Waals surface area contributed by atoms with Gasteiger partial charge >= 0.3 is 0 Å². The highest BCUT2D eigenvalue weighted by Crippen LogP contribution is 2.29. The minimum absolute atomic E-state index is 0.102. The first-order valence-electron chi connectivity index (χ1n) is 13.2. The molecule has 2 aromatic rings. The molecule has 0 radical (unpaired) electrons. The first kappa shape index (κ1) is 26.8. The monoisotopic (exact) mass is 536 g/mol. The summed E-state index contributed by atoms with van der Waals surface area (Å²) in [5, 5.41) is 6.64. The first-order chi connectivity index (χ1) is 18.2. The lowest BCUT2D eigenvalue weighted by Crippen LogP contribution is -2.59. The zero-order valence-corrected chi connectivity index (χ0v) is 23.0. The van der Waals surface area contributed by atoms with Gasteiger partial charge in [0.2, 0.25) is 15.9 Å². The van der Waals surface area contributed by atoms with Crippen molar-refractivity contribution < 1.29 is 13.2 Å². The Bertz CT molecular complexity index is 1340. The topological polar surface area (TPSA) is 89.3 Å². The normalized spacial score (nSPS) is 26.4. The molecule has 3 heterocycles. The van der Waals surface area contributed by atoms with Gasteiger partial charge in [-0.1, -0.05) is 24.3 Å². The molecule has 0 spiro atoms. The maximum absolute atomic E-state index is 13.4. The van der Waals surface area contributed by atoms with E-state index in [1.54, 1.807) is 12.1 Å². The number of rotatable bonds is 7. The van der Waals surface area contributed by atoms with E-state index in [1.165, 1.54) is 28.4 Å². The second kappa shape index (κ2) is 10.8. The summed E-state index contributed by atoms with van der Waals surface area (Å²) in [6.07, 6.45) is 1.22. The molecule has 10 heteroatoms. The fourth-order valence-electron chi connectivity index (χ4n) is 6.30. The summed E-state index contributed by atoms with van der Waals surface area (Å²) in [5.41, 5.74) is 3.46. The predicted molar refractivity (Wildman–Crippen MR) is 148 cm³/mol. The van der Waals surface area contributed by atoms with Crippen molar-refractivity contribution in [2.45, 2.75) is 62.8 Å². The third-order valence-corrected chi connectivity index (χ3v) is 10.2. The molecule has 3 aliphatic rings. The SMILES string of the molecule is [C-]#[N+]c1cccc(S(=O)(=O)N2[C@H](C)CN(CC(=O)Nc3cccc(CN4C[C@@H]5C[C@H]4CN5)c3C)C[C@@H]2C)c1. The van der Waals surface area contributed by atoms with Crippen molar-refractivity contribution >= 4 is 27.3 Å². The molecule has 1 amide bonds. The first-order valence-corrected chi connectivity index (χ1v) is 14.7. The number of carbonyl (C=O) groups excluding carboxylic acids is 1. The third-order valence-electron chi connectivity index (χ3n) is 8.07. The molecule has 202 valence electrons. The van der Waals surface area contributed by atoms with Gasteiger partial charge in [-0.2, -0.15) is 4.31 Å². The van der Waals surface area contributed by atoms with Crippen LogP contribution in [-0.2, 0) is 21.4 Å². The van der Waals surface area contributed by atoms with Gasteiger partial charge in [-0.25, -0.2) is 13.3 Å². The van der Waals surface area contributed by atoms with Gasteiger partial charge in [0, 0.05) is 62.6 Å². The maximum atomic E-state index is 13.4. The van der Waals surface area contributed by atoms with Crippen LogP contribution in [0.15, 0.2) is 47.4 Å². The number of hydrogen-bond acceptors (Lipinski definition) is 6. The highest BCUT2D eigenvalue weighted by Gasteiger charge is 2.39. The number of amides is 1. The summed E-state index contributed by atoms with van der Waals surface area (Å²) in [4.78, 5) is 21.1. The number of nitrogens with one attached hydrogen (secondary N) is 2. The Balaban J connectivity index is 1.21. The molecule has 9 nitrogen and oxygen atoms in total. The van der Waals surface area contributed by atoms with Crippen LogP contribution >= 0.6 is 0 Å². The Morgan fingerprint density at radius 1 is 1.13 bits per heavy atom. The minimum Gasteiger partial charge on any atom is -0.325 e. The van der Waals surface area contributed by atoms with E-state index in [-0.39, 0.29) is 29.4 Å². The van der Waals surface area contributed by atoms with E-state index >= 15 is 0 Å². The minimum atomic E-state index is -3.76. The molecule has 3 fully saturated rings. The molecule has 5 rings (SSSR count). The summed E-state index contributed by atoms with van der Waals surface area (Å²) in [6.45, 7) is 17.1. The Kier molecular flexibility index (Phi) is 7.58. The lowest BCUT2D eigenvalue weighted by Gasteiger charge is -2.43. The van der Waals surface area contributed by atoms with Crippen molar-refractivity contribution in [1.29, 1.82) is 0 Å². The van der Waals surface area contributed by atoms with Gasteiger partial charge in [0.15, 0.2) is 5.69 Å². The van der Waals surface area contributed by atoms with E-state index in [9.17, 15) is 13.2 Å². The van der Waals surface area contributed by atoms with E-state index in [0.717, 1.165) is 30.9 Å². The number of nitrogens with zero attached hydrogens (tertiary/aromatic N) is 4. The van der Waals surface area contributed by atoms with Gasteiger partial charge in [0.05, 0.1) is 18.0 Å². The standard InChI is InChI=1S/C28H36N6O3S/c1-19-14-32(15-20(2)34(19)38(36,37)26-9-6-8-23(12-26)29-4)18-28(35)31-27-10-5-7-22(21(27)3)16-33-17-24-11-25(33)13-30-24/h5-10,12,19-20,24-25,30H,11,13-18H2,1-3H3,(H,31,35)/t19-,20+,24-,25-/m0/s1. The Labute approximate surface area is 225 Å². The van der Waals surface area contributed by atoms with Gasteiger partial charge in [-0.05, 0) is 56.5 Å². The van der Waals surface area contributed by atoms with Crippen LogP contribution in [0.2, 0.25) is 0 Å². The number of likely N-dealkylation sites (tertiary alicyclic amines) is 1. The molecular weight excluding hydrogens is 500 g/mol. The van der Waals surface area contributed by atoms with Gasteiger partial charge < -0.3 is 10.6 Å². The Morgan fingerprint density at radius 3 is 2.53 bits per heavy atom. The van der Waals surface area contributed by atoms with Crippen molar-refractivity contribution in [2.24, 2.45) is 0 Å². The Morgan fingerprint density at radius 2 is 1.87 bits per heavy atom. The quantitative estimate of drug-likeness (QED) is 0.529. The van der Waals surface area contributed by atoms with Gasteiger partial charge in [0.1, 0.15) is 0 Å². The number of hydrogen-bond donors (Lipinski definition) is 2. The molecule has 4 atom stereocenters. The van der Waals surface area contributed by atoms with Crippen LogP contribution in [0.5, 0.6) is 0 Å². The molecule has 2 bridgehead atoms. The van der Waals surface area contributed by atoms with Crippen molar-refractivity contribution in [3.8, 4) is 0 Å². The lowest BCUT2D eigenvalue weighted by molar-refractivity contribution is -0.118. The van der Waals surface area contributed by atoms with Crippen LogP contribution in [0.1, 0.15) is 31.4 Å². The van der Waals surface area contributed by atoms with Gasteiger partial charge in [-0.15, -0.1) is 0 Å². The van der Waals surface area contributed by atoms with E-state index in [2.05, 4.69) is 33.4 Å². The van der Waals surface area contributed by atoms with Crippen LogP contribution < -0.4 is 10.6 Å². The molecule has 3 aliphatic heterocycles. The third kappa shape index (κ3) is 5.35. The zero-order chi connectivity index (χ0) is 27.0. The second-order valence-electron chi connectivity index (χ2n) is 10.9. The molecule has 38 heavy (non-hydrogen) atoms. The lowest BCUT2D eigenvalue weighted by atomic mass is 10.1. The van der Waals surface area contributed by atoms with Crippen LogP contribution in [0, 0.1) is 13.5 Å². The summed E-state index contributed by atoms with van der Waals surface area (Å²) < 4.78 is 28.3. The summed E-state index contributed by atoms with van der Waals surface area (Å²) in [5.74, 6) is -0.102. The smallest absolute Gasteiger partial charge is 0.242 e. The molecule has 0 saturated carbocycles. The van der Waals surface area contributed by atoms with Crippen molar-refractivity contribution in [1.82, 2.24) is 19.4 Å². The van der Waals surface area contributed by atoms with Crippen LogP contribution in [0.3, 0.4) is 0 Å². The molecule has 3 saturated heterocycles. The molecule has 0 aliphatic carbocycles. The number of anilines is 1. The van der Waals surface area contributed by atoms with Crippen molar-refractivity contribution in [3.05, 3.63) is 65.0 Å². The molecule has 0 unspecified atom stereocenters. The average molecular weight is 537 g/mol. The molecular formula is C28H36N6O3S. The van der Waals surface area contributed by atoms with E-state index < -0.39 is 10.0 Å². The van der Waals surface area contributed by atoms with Crippen molar-refractivity contribution in [2.75, 3.05) is 38.0 Å². The molecule has 2 N–H and O–H groups in total. The van der Waals surface area contributed by atoms with E-state index in [4.69, 9.17) is 6.57 Å². The fourth-order valence-corrected chi connectivity index (χ4v) is 8.14. The average Bonchev–Trinajstić information content (AvgIpc) is 3.49. The number of fused-ring (bicyclic) bond motifs is 2. The van der Waals surface area contributed by atoms with Gasteiger partial charge in [0.25, 0.3) is 0 Å². The largest absolute Gasteiger partial charge is 0.325 e. The van der Waals surface area contributed by atoms with Crippen LogP contribution in [0.4, 0.5) is 11.4 Å². The molecule has 2 aromatic carbocycles. The highest BCUT2D eigenvalue weighted by atomic mass is 32.2. The van der Waals surface area contributed by atoms with E-state index in [1.807, 2.05) is 30.9 Å². The molecule has 0 aromatic heterocycles. The number of benzene rings is 2. The fraction of sp³-hybridized carbons (Fsp3) is 0.500. The van der Waals surface area contributed by atoms with Gasteiger partial charge in [-0.3, -0.25) is 14.6 Å². The summed E-state index contributed by atoms with van der Waals surface area (Å²) in [6, 6.07) is 12.8. The van der Waals surface area contributed by atoms with E-state index in [0.29, 0.717) is 30.9 Å². The number of carbonyl (C=O) groups is 1. The Hall–Kier alpha value is -2.81. The highest BCUT2D eigenvalue weighted by molar-refractivity contribution is 7.89. The van der Waals surface area contributed by atoms with Crippen LogP contribution in [-0.4, -0.2) is 85.3 Å². The second-order valence-corrected chi connectivity index (χ2v) is 12.7. The maximum Gasteiger partial charge on any atom is 0.242 e.